The van der Waals surface area contributed by atoms with Gasteiger partial charge in [0.25, 0.3) is 5.91 Å². The molecule has 0 saturated carbocycles. The van der Waals surface area contributed by atoms with Crippen molar-refractivity contribution in [3.63, 3.8) is 0 Å². The second-order valence-electron chi connectivity index (χ2n) is 4.64. The predicted molar refractivity (Wildman–Crippen MR) is 82.6 cm³/mol. The van der Waals surface area contributed by atoms with E-state index in [1.165, 1.54) is 18.2 Å². The van der Waals surface area contributed by atoms with Gasteiger partial charge in [0.05, 0.1) is 5.56 Å². The summed E-state index contributed by atoms with van der Waals surface area (Å²) in [5.74, 6) is -1.51. The Morgan fingerprint density at radius 2 is 2.05 bits per heavy atom. The Balaban J connectivity index is 2.46. The SMILES string of the molecule is CC[C@@H](C)NC(=O)NC(=O)COC(=O)c1ccc(Cl)cc1N. The highest BCUT2D eigenvalue weighted by Gasteiger charge is 2.15. The molecule has 0 radical (unpaired) electrons. The molecule has 0 fully saturated rings. The number of imide groups is 1. The number of ether oxygens (including phenoxy) is 1. The van der Waals surface area contributed by atoms with Gasteiger partial charge in [0.15, 0.2) is 6.61 Å². The number of rotatable bonds is 5. The van der Waals surface area contributed by atoms with Crippen molar-refractivity contribution in [3.05, 3.63) is 28.8 Å². The molecule has 0 aliphatic carbocycles. The van der Waals surface area contributed by atoms with Gasteiger partial charge >= 0.3 is 12.0 Å². The number of anilines is 1. The molecule has 0 saturated heterocycles. The van der Waals surface area contributed by atoms with Crippen LogP contribution >= 0.6 is 11.6 Å². The minimum absolute atomic E-state index is 0.0655. The van der Waals surface area contributed by atoms with E-state index in [0.717, 1.165) is 6.42 Å². The number of nitrogens with two attached hydrogens (primary N) is 1. The molecule has 1 aromatic carbocycles. The highest BCUT2D eigenvalue weighted by Crippen LogP contribution is 2.18. The van der Waals surface area contributed by atoms with E-state index in [0.29, 0.717) is 5.02 Å². The maximum Gasteiger partial charge on any atom is 0.340 e. The minimum atomic E-state index is -0.772. The molecule has 1 aromatic rings. The monoisotopic (exact) mass is 327 g/mol. The van der Waals surface area contributed by atoms with Gasteiger partial charge in [-0.2, -0.15) is 0 Å². The standard InChI is InChI=1S/C14H18ClN3O4/c1-3-8(2)17-14(21)18-12(19)7-22-13(20)10-5-4-9(15)6-11(10)16/h4-6,8H,3,7,16H2,1-2H3,(H2,17,18,19,21)/t8-/m1/s1. The first kappa shape index (κ1) is 17.8. The minimum Gasteiger partial charge on any atom is -0.452 e. The zero-order chi connectivity index (χ0) is 16.7. The van der Waals surface area contributed by atoms with Gasteiger partial charge in [-0.1, -0.05) is 18.5 Å². The normalized spacial score (nSPS) is 11.4. The molecule has 0 aromatic heterocycles. The van der Waals surface area contributed by atoms with Crippen molar-refractivity contribution >= 4 is 35.2 Å². The number of carbonyl (C=O) groups excluding carboxylic acids is 3. The summed E-state index contributed by atoms with van der Waals surface area (Å²) in [5.41, 5.74) is 5.87. The molecule has 0 aliphatic rings. The van der Waals surface area contributed by atoms with Crippen LogP contribution in [0.1, 0.15) is 30.6 Å². The van der Waals surface area contributed by atoms with Gasteiger partial charge in [-0.3, -0.25) is 10.1 Å². The average Bonchev–Trinajstić information content (AvgIpc) is 2.44. The molecule has 0 aliphatic heterocycles. The molecule has 22 heavy (non-hydrogen) atoms. The Bertz CT molecular complexity index is 577. The van der Waals surface area contributed by atoms with Crippen LogP contribution in [0.15, 0.2) is 18.2 Å². The van der Waals surface area contributed by atoms with E-state index in [9.17, 15) is 14.4 Å². The number of urea groups is 1. The Hall–Kier alpha value is -2.28. The molecule has 0 bridgehead atoms. The lowest BCUT2D eigenvalue weighted by molar-refractivity contribution is -0.123. The molecular formula is C14H18ClN3O4. The lowest BCUT2D eigenvalue weighted by Crippen LogP contribution is -2.44. The summed E-state index contributed by atoms with van der Waals surface area (Å²) in [4.78, 5) is 34.7. The molecule has 120 valence electrons. The van der Waals surface area contributed by atoms with Crippen molar-refractivity contribution < 1.29 is 19.1 Å². The van der Waals surface area contributed by atoms with E-state index in [1.807, 2.05) is 6.92 Å². The summed E-state index contributed by atoms with van der Waals surface area (Å²) in [6.45, 7) is 3.10. The van der Waals surface area contributed by atoms with Crippen LogP contribution in [0.3, 0.4) is 0 Å². The van der Waals surface area contributed by atoms with Crippen molar-refractivity contribution in [2.75, 3.05) is 12.3 Å². The summed E-state index contributed by atoms with van der Waals surface area (Å²) in [5, 5.41) is 4.99. The lowest BCUT2D eigenvalue weighted by atomic mass is 10.2. The third kappa shape index (κ3) is 5.61. The third-order valence-corrected chi connectivity index (χ3v) is 3.05. The molecule has 1 atom stereocenters. The van der Waals surface area contributed by atoms with Crippen LogP contribution in [0.2, 0.25) is 5.02 Å². The summed E-state index contributed by atoms with van der Waals surface area (Å²) in [6.07, 6.45) is 0.729. The number of carbonyl (C=O) groups is 3. The van der Waals surface area contributed by atoms with Gasteiger partial charge in [-0.15, -0.1) is 0 Å². The molecule has 0 unspecified atom stereocenters. The third-order valence-electron chi connectivity index (χ3n) is 2.81. The molecule has 3 amide bonds. The van der Waals surface area contributed by atoms with Crippen LogP contribution in [0.25, 0.3) is 0 Å². The molecule has 1 rings (SSSR count). The molecule has 0 heterocycles. The first-order valence-corrected chi connectivity index (χ1v) is 7.03. The first-order chi connectivity index (χ1) is 10.3. The Morgan fingerprint density at radius 1 is 1.36 bits per heavy atom. The number of hydrogen-bond acceptors (Lipinski definition) is 5. The van der Waals surface area contributed by atoms with Crippen LogP contribution < -0.4 is 16.4 Å². The maximum absolute atomic E-state index is 11.8. The first-order valence-electron chi connectivity index (χ1n) is 6.66. The van der Waals surface area contributed by atoms with Crippen LogP contribution in [0, 0.1) is 0 Å². The zero-order valence-corrected chi connectivity index (χ0v) is 13.1. The van der Waals surface area contributed by atoms with Gasteiger partial charge in [0.1, 0.15) is 0 Å². The van der Waals surface area contributed by atoms with Crippen molar-refractivity contribution in [2.45, 2.75) is 26.3 Å². The quantitative estimate of drug-likeness (QED) is 0.563. The highest BCUT2D eigenvalue weighted by molar-refractivity contribution is 6.31. The van der Waals surface area contributed by atoms with E-state index < -0.39 is 24.5 Å². The fourth-order valence-corrected chi connectivity index (χ4v) is 1.63. The summed E-state index contributed by atoms with van der Waals surface area (Å²) >= 11 is 5.72. The van der Waals surface area contributed by atoms with Gasteiger partial charge in [-0.05, 0) is 31.5 Å². The number of nitrogen functional groups attached to an aromatic ring is 1. The van der Waals surface area contributed by atoms with E-state index in [-0.39, 0.29) is 17.3 Å². The van der Waals surface area contributed by atoms with Gasteiger partial charge in [-0.25, -0.2) is 9.59 Å². The Kier molecular flexibility index (Phi) is 6.65. The van der Waals surface area contributed by atoms with Crippen molar-refractivity contribution in [1.82, 2.24) is 10.6 Å². The van der Waals surface area contributed by atoms with E-state index >= 15 is 0 Å². The smallest absolute Gasteiger partial charge is 0.340 e. The number of halogens is 1. The number of hydrogen-bond donors (Lipinski definition) is 3. The summed E-state index contributed by atoms with van der Waals surface area (Å²) < 4.78 is 4.79. The van der Waals surface area contributed by atoms with E-state index in [1.54, 1.807) is 6.92 Å². The van der Waals surface area contributed by atoms with Crippen LogP contribution in [-0.4, -0.2) is 30.6 Å². The fourth-order valence-electron chi connectivity index (χ4n) is 1.45. The second kappa shape index (κ2) is 8.23. The summed E-state index contributed by atoms with van der Waals surface area (Å²) in [6, 6.07) is 3.57. The predicted octanol–water partition coefficient (Wildman–Crippen LogP) is 1.70. The number of benzene rings is 1. The van der Waals surface area contributed by atoms with E-state index in [4.69, 9.17) is 22.1 Å². The molecule has 7 nitrogen and oxygen atoms in total. The summed E-state index contributed by atoms with van der Waals surface area (Å²) in [7, 11) is 0. The van der Waals surface area contributed by atoms with E-state index in [2.05, 4.69) is 10.6 Å². The number of nitrogens with one attached hydrogen (secondary N) is 2. The fraction of sp³-hybridized carbons (Fsp3) is 0.357. The van der Waals surface area contributed by atoms with Crippen LogP contribution in [-0.2, 0) is 9.53 Å². The van der Waals surface area contributed by atoms with Crippen LogP contribution in [0.4, 0.5) is 10.5 Å². The van der Waals surface area contributed by atoms with Crippen molar-refractivity contribution in [3.8, 4) is 0 Å². The van der Waals surface area contributed by atoms with Crippen molar-refractivity contribution in [2.24, 2.45) is 0 Å². The average molecular weight is 328 g/mol. The van der Waals surface area contributed by atoms with Crippen molar-refractivity contribution in [1.29, 1.82) is 0 Å². The lowest BCUT2D eigenvalue weighted by Gasteiger charge is -2.12. The van der Waals surface area contributed by atoms with Crippen LogP contribution in [0.5, 0.6) is 0 Å². The van der Waals surface area contributed by atoms with Gasteiger partial charge in [0.2, 0.25) is 0 Å². The largest absolute Gasteiger partial charge is 0.452 e. The molecular weight excluding hydrogens is 310 g/mol. The number of esters is 1. The molecule has 8 heteroatoms. The second-order valence-corrected chi connectivity index (χ2v) is 5.08. The molecule has 4 N–H and O–H groups in total. The Morgan fingerprint density at radius 3 is 2.64 bits per heavy atom. The Labute approximate surface area is 133 Å². The molecule has 0 spiro atoms. The van der Waals surface area contributed by atoms with Gasteiger partial charge in [0, 0.05) is 16.8 Å². The maximum atomic E-state index is 11.8. The highest BCUT2D eigenvalue weighted by atomic mass is 35.5. The zero-order valence-electron chi connectivity index (χ0n) is 12.3. The van der Waals surface area contributed by atoms with Gasteiger partial charge < -0.3 is 15.8 Å². The number of amides is 3. The topological polar surface area (TPSA) is 111 Å².